The summed E-state index contributed by atoms with van der Waals surface area (Å²) in [6.45, 7) is 13.6. The standard InChI is InChI=1S/C21H25.C15H19.C8H8.2ClH.Zr/c1-20(2,3)16-7-9-18-14(12-16)11-15-13-17(21(4,5)6)8-10-19(15)18;1-2-4-14(3-1)15-8-11-5-12(9-15)7-13(6-11)10-15;1-2-8-6-4-3-5-7-8;;;/h7-10,12H,11H2,1-6H3;1-4,11-13H,5-10H2;1,3-7H,2H2;2*1H;/q2*-1;;;;+2/p-2. The van der Waals surface area contributed by atoms with Crippen LogP contribution in [-0.4, -0.2) is 3.71 Å². The van der Waals surface area contributed by atoms with Crippen LogP contribution < -0.4 is 24.8 Å². The minimum absolute atomic E-state index is 0. The first-order chi connectivity index (χ1) is 21.4. The molecular weight excluding hydrogens is 691 g/mol. The molecule has 4 saturated carbocycles. The zero-order valence-corrected chi connectivity index (χ0v) is 33.3. The molecule has 0 aliphatic heterocycles. The van der Waals surface area contributed by atoms with E-state index < -0.39 is 0 Å². The summed E-state index contributed by atoms with van der Waals surface area (Å²) >= 11 is 1.51. The van der Waals surface area contributed by atoms with E-state index >= 15 is 0 Å². The molecule has 0 N–H and O–H groups in total. The first kappa shape index (κ1) is 38.1. The Labute approximate surface area is 313 Å². The fourth-order valence-corrected chi connectivity index (χ4v) is 9.53. The van der Waals surface area contributed by atoms with Gasteiger partial charge in [0.15, 0.2) is 0 Å². The fourth-order valence-electron chi connectivity index (χ4n) is 8.95. The molecule has 0 amide bonds. The number of fused-ring (bicyclic) bond motifs is 3. The van der Waals surface area contributed by atoms with Crippen LogP contribution in [0.1, 0.15) is 113 Å². The average molecular weight is 743 g/mol. The van der Waals surface area contributed by atoms with Crippen molar-refractivity contribution in [3.05, 3.63) is 124 Å². The molecule has 0 saturated heterocycles. The number of benzene rings is 3. The quantitative estimate of drug-likeness (QED) is 0.226. The van der Waals surface area contributed by atoms with Crippen LogP contribution in [0.15, 0.2) is 84.9 Å². The van der Waals surface area contributed by atoms with Gasteiger partial charge >= 0.3 is 70.3 Å². The second kappa shape index (κ2) is 15.5. The van der Waals surface area contributed by atoms with Gasteiger partial charge in [-0.05, 0) is 65.4 Å². The molecule has 9 rings (SSSR count). The number of halogens is 2. The third-order valence-corrected chi connectivity index (χ3v) is 11.5. The minimum Gasteiger partial charge on any atom is -0.210 e. The van der Waals surface area contributed by atoms with Crippen molar-refractivity contribution in [2.24, 2.45) is 17.8 Å². The molecular formula is C44H52Cl2Zr-2. The van der Waals surface area contributed by atoms with E-state index in [1.807, 2.05) is 6.07 Å². The average Bonchev–Trinajstić information content (AvgIpc) is 3.66. The first-order valence-electron chi connectivity index (χ1n) is 17.4. The molecule has 248 valence electrons. The summed E-state index contributed by atoms with van der Waals surface area (Å²) in [5, 5.41) is 0. The van der Waals surface area contributed by atoms with Crippen LogP contribution in [0.2, 0.25) is 0 Å². The van der Waals surface area contributed by atoms with Crippen molar-refractivity contribution < 1.29 is 49.0 Å². The monoisotopic (exact) mass is 740 g/mol. The topological polar surface area (TPSA) is 0 Å². The molecule has 5 aliphatic rings. The van der Waals surface area contributed by atoms with Crippen LogP contribution in [0, 0.1) is 23.8 Å². The largest absolute Gasteiger partial charge is 0.210 e. The van der Waals surface area contributed by atoms with Crippen molar-refractivity contribution >= 4 is 3.71 Å². The SMILES string of the molecule is CC(C)(C)c1[c-]c2c(cc1)-c1ccc(C(C)(C)C)cc1C2.[Cl-].[Cl-].[Zr+2]=[CH]Cc1ccccc1.c1cc(C23CC4CC(CC(C4)C2)C3)c[cH-]1. The van der Waals surface area contributed by atoms with E-state index in [0.717, 1.165) is 30.6 Å². The van der Waals surface area contributed by atoms with Gasteiger partial charge in [0.1, 0.15) is 0 Å². The van der Waals surface area contributed by atoms with Crippen molar-refractivity contribution in [1.29, 1.82) is 0 Å². The van der Waals surface area contributed by atoms with Crippen LogP contribution >= 0.6 is 0 Å². The summed E-state index contributed by atoms with van der Waals surface area (Å²) < 4.78 is 2.25. The molecule has 4 aromatic carbocycles. The normalized spacial score (nSPS) is 23.1. The molecule has 4 fully saturated rings. The number of hydrogen-bond acceptors (Lipinski definition) is 0. The van der Waals surface area contributed by atoms with Crippen molar-refractivity contribution in [2.45, 2.75) is 109 Å². The Kier molecular flexibility index (Phi) is 12.6. The maximum Gasteiger partial charge on any atom is -0.0411 e. The minimum atomic E-state index is 0. The van der Waals surface area contributed by atoms with E-state index in [4.69, 9.17) is 0 Å². The fraction of sp³-hybridized carbons (Fsp3) is 0.455. The molecule has 0 radical (unpaired) electrons. The first-order valence-corrected chi connectivity index (χ1v) is 18.8. The zero-order valence-electron chi connectivity index (χ0n) is 29.3. The van der Waals surface area contributed by atoms with Gasteiger partial charge in [-0.15, -0.1) is 11.1 Å². The molecule has 4 aromatic rings. The predicted molar refractivity (Wildman–Crippen MR) is 189 cm³/mol. The number of rotatable bonds is 3. The van der Waals surface area contributed by atoms with Crippen molar-refractivity contribution in [3.63, 3.8) is 0 Å². The van der Waals surface area contributed by atoms with Crippen molar-refractivity contribution in [2.75, 3.05) is 0 Å². The Morgan fingerprint density at radius 2 is 1.40 bits per heavy atom. The summed E-state index contributed by atoms with van der Waals surface area (Å²) in [5.74, 6) is 3.23. The third-order valence-electron chi connectivity index (χ3n) is 11.0. The van der Waals surface area contributed by atoms with Crippen LogP contribution in [0.4, 0.5) is 0 Å². The molecule has 4 bridgehead atoms. The Morgan fingerprint density at radius 3 is 1.94 bits per heavy atom. The number of hydrogen-bond donors (Lipinski definition) is 0. The summed E-state index contributed by atoms with van der Waals surface area (Å²) in [7, 11) is 0. The second-order valence-corrected chi connectivity index (χ2v) is 17.6. The van der Waals surface area contributed by atoms with Gasteiger partial charge in [0.2, 0.25) is 0 Å². The molecule has 47 heavy (non-hydrogen) atoms. The maximum absolute atomic E-state index is 3.67. The van der Waals surface area contributed by atoms with Gasteiger partial charge in [0.25, 0.3) is 0 Å². The molecule has 5 aliphatic carbocycles. The summed E-state index contributed by atoms with van der Waals surface area (Å²) in [6.07, 6.45) is 11.3. The van der Waals surface area contributed by atoms with Gasteiger partial charge in [-0.25, -0.2) is 6.07 Å². The van der Waals surface area contributed by atoms with Crippen molar-refractivity contribution in [1.82, 2.24) is 0 Å². The van der Waals surface area contributed by atoms with Crippen LogP contribution in [-0.2, 0) is 53.3 Å². The van der Waals surface area contributed by atoms with E-state index in [2.05, 4.69) is 130 Å². The Hall–Kier alpha value is -1.66. The molecule has 0 aromatic heterocycles. The summed E-state index contributed by atoms with van der Waals surface area (Å²) in [6, 6.07) is 34.9. The molecule has 0 heterocycles. The predicted octanol–water partition coefficient (Wildman–Crippen LogP) is 5.11. The van der Waals surface area contributed by atoms with E-state index in [-0.39, 0.29) is 35.6 Å². The van der Waals surface area contributed by atoms with E-state index in [9.17, 15) is 0 Å². The molecule has 0 atom stereocenters. The van der Waals surface area contributed by atoms with E-state index in [0.29, 0.717) is 5.41 Å². The molecule has 3 heteroatoms. The van der Waals surface area contributed by atoms with Crippen LogP contribution in [0.25, 0.3) is 11.1 Å². The second-order valence-electron chi connectivity index (χ2n) is 16.6. The van der Waals surface area contributed by atoms with Gasteiger partial charge in [0.05, 0.1) is 0 Å². The smallest absolute Gasteiger partial charge is 0.0411 e. The molecule has 0 unspecified atom stereocenters. The molecule has 0 nitrogen and oxygen atoms in total. The van der Waals surface area contributed by atoms with Crippen molar-refractivity contribution in [3.8, 4) is 11.1 Å². The van der Waals surface area contributed by atoms with Gasteiger partial charge in [-0.2, -0.15) is 47.5 Å². The van der Waals surface area contributed by atoms with Gasteiger partial charge in [-0.1, -0.05) is 90.0 Å². The summed E-state index contributed by atoms with van der Waals surface area (Å²) in [4.78, 5) is 0. The van der Waals surface area contributed by atoms with Crippen LogP contribution in [0.3, 0.4) is 0 Å². The summed E-state index contributed by atoms with van der Waals surface area (Å²) in [5.41, 5.74) is 12.4. The third kappa shape index (κ3) is 8.75. The molecule has 0 spiro atoms. The van der Waals surface area contributed by atoms with Gasteiger partial charge in [0, 0.05) is 0 Å². The Balaban J connectivity index is 0.000000168. The Morgan fingerprint density at radius 1 is 0.787 bits per heavy atom. The van der Waals surface area contributed by atoms with E-state index in [1.54, 1.807) is 24.8 Å². The zero-order chi connectivity index (χ0) is 31.8. The van der Waals surface area contributed by atoms with Gasteiger partial charge in [-0.3, -0.25) is 0 Å². The Bertz CT molecular complexity index is 1500. The van der Waals surface area contributed by atoms with E-state index in [1.165, 1.54) is 82.4 Å². The van der Waals surface area contributed by atoms with Gasteiger partial charge < -0.3 is 24.8 Å². The van der Waals surface area contributed by atoms with Crippen LogP contribution in [0.5, 0.6) is 0 Å². The maximum atomic E-state index is 3.67.